The third kappa shape index (κ3) is 5.28. The number of rotatable bonds is 6. The molecule has 0 spiro atoms. The third-order valence-electron chi connectivity index (χ3n) is 3.60. The topological polar surface area (TPSA) is 104 Å². The molecule has 1 heterocycles. The van der Waals surface area contributed by atoms with Gasteiger partial charge in [-0.15, -0.1) is 0 Å². The van der Waals surface area contributed by atoms with Gasteiger partial charge < -0.3 is 10.0 Å². The molecule has 122 valence electrons. The highest BCUT2D eigenvalue weighted by Gasteiger charge is 2.39. The number of carbonyl (C=O) groups excluding carboxylic acids is 1. The van der Waals surface area contributed by atoms with Crippen LogP contribution in [0.1, 0.15) is 27.2 Å². The van der Waals surface area contributed by atoms with E-state index in [2.05, 4.69) is 4.72 Å². The monoisotopic (exact) mass is 320 g/mol. The molecular formula is C13H24N2O5S. The van der Waals surface area contributed by atoms with Crippen LogP contribution in [0, 0.1) is 17.8 Å². The van der Waals surface area contributed by atoms with Gasteiger partial charge in [0.1, 0.15) is 6.04 Å². The van der Waals surface area contributed by atoms with Crippen molar-refractivity contribution in [2.45, 2.75) is 33.2 Å². The van der Waals surface area contributed by atoms with Gasteiger partial charge in [0.2, 0.25) is 15.9 Å². The minimum atomic E-state index is -3.50. The predicted molar refractivity (Wildman–Crippen MR) is 78.1 cm³/mol. The second-order valence-electron chi connectivity index (χ2n) is 6.24. The Kier molecular flexibility index (Phi) is 5.75. The van der Waals surface area contributed by atoms with Gasteiger partial charge in [-0.1, -0.05) is 20.8 Å². The van der Waals surface area contributed by atoms with Crippen LogP contribution in [0.3, 0.4) is 0 Å². The van der Waals surface area contributed by atoms with Crippen molar-refractivity contribution >= 4 is 21.9 Å². The average Bonchev–Trinajstić information content (AvgIpc) is 2.67. The second kappa shape index (κ2) is 6.74. The van der Waals surface area contributed by atoms with Gasteiger partial charge in [-0.05, 0) is 18.3 Å². The molecule has 0 aromatic carbocycles. The minimum Gasteiger partial charge on any atom is -0.481 e. The Morgan fingerprint density at radius 1 is 1.33 bits per heavy atom. The van der Waals surface area contributed by atoms with E-state index in [-0.39, 0.29) is 24.3 Å². The van der Waals surface area contributed by atoms with Crippen LogP contribution in [0.15, 0.2) is 0 Å². The number of nitrogens with zero attached hydrogens (tertiary/aromatic N) is 1. The van der Waals surface area contributed by atoms with E-state index in [1.165, 1.54) is 4.90 Å². The first kappa shape index (κ1) is 17.9. The first-order valence-electron chi connectivity index (χ1n) is 7.00. The summed E-state index contributed by atoms with van der Waals surface area (Å²) in [7, 11) is -3.50. The number of hydrogen-bond donors (Lipinski definition) is 2. The fraction of sp³-hybridized carbons (Fsp3) is 0.846. The maximum atomic E-state index is 12.5. The van der Waals surface area contributed by atoms with E-state index in [4.69, 9.17) is 5.11 Å². The molecule has 0 saturated carbocycles. The van der Waals surface area contributed by atoms with E-state index in [1.807, 2.05) is 13.8 Å². The fourth-order valence-corrected chi connectivity index (χ4v) is 3.33. The molecule has 0 aliphatic carbocycles. The molecule has 0 aromatic heterocycles. The molecule has 0 radical (unpaired) electrons. The zero-order valence-electron chi connectivity index (χ0n) is 12.9. The first-order chi connectivity index (χ1) is 9.51. The van der Waals surface area contributed by atoms with Gasteiger partial charge in [-0.25, -0.2) is 13.1 Å². The Morgan fingerprint density at radius 2 is 1.90 bits per heavy atom. The molecule has 21 heavy (non-hydrogen) atoms. The minimum absolute atomic E-state index is 0.134. The van der Waals surface area contributed by atoms with Gasteiger partial charge in [0, 0.05) is 13.1 Å². The largest absolute Gasteiger partial charge is 0.481 e. The highest BCUT2D eigenvalue weighted by atomic mass is 32.2. The van der Waals surface area contributed by atoms with Crippen LogP contribution >= 0.6 is 0 Å². The number of hydrogen-bond acceptors (Lipinski definition) is 4. The van der Waals surface area contributed by atoms with Crippen LogP contribution in [-0.2, 0) is 19.6 Å². The Labute approximate surface area is 125 Å². The van der Waals surface area contributed by atoms with Crippen molar-refractivity contribution in [2.24, 2.45) is 17.8 Å². The van der Waals surface area contributed by atoms with Crippen LogP contribution in [0.2, 0.25) is 0 Å². The first-order valence-corrected chi connectivity index (χ1v) is 8.89. The highest BCUT2D eigenvalue weighted by Crippen LogP contribution is 2.24. The van der Waals surface area contributed by atoms with Crippen molar-refractivity contribution in [3.05, 3.63) is 0 Å². The lowest BCUT2D eigenvalue weighted by Crippen LogP contribution is -2.48. The Hall–Kier alpha value is -1.15. The SMILES string of the molecule is CC(C)CC(NS(C)(=O)=O)C(=O)N1CC(C)C(C(=O)O)C1. The number of likely N-dealkylation sites (tertiary alicyclic amines) is 1. The van der Waals surface area contributed by atoms with Crippen molar-refractivity contribution < 1.29 is 23.1 Å². The van der Waals surface area contributed by atoms with Gasteiger partial charge in [0.05, 0.1) is 12.2 Å². The molecule has 1 fully saturated rings. The molecule has 1 rings (SSSR count). The number of carboxylic acid groups (broad SMARTS) is 1. The Bertz CT molecular complexity index is 503. The predicted octanol–water partition coefficient (Wildman–Crippen LogP) is 0.129. The number of aliphatic carboxylic acids is 1. The number of nitrogens with one attached hydrogen (secondary N) is 1. The zero-order valence-corrected chi connectivity index (χ0v) is 13.7. The standard InChI is InChI=1S/C13H24N2O5S/c1-8(2)5-11(14-21(4,19)20)12(16)15-6-9(3)10(7-15)13(17)18/h8-11,14H,5-7H2,1-4H3,(H,17,18). The molecule has 7 nitrogen and oxygen atoms in total. The summed E-state index contributed by atoms with van der Waals surface area (Å²) in [4.78, 5) is 25.0. The summed E-state index contributed by atoms with van der Waals surface area (Å²) in [5.41, 5.74) is 0. The van der Waals surface area contributed by atoms with E-state index in [0.29, 0.717) is 13.0 Å². The molecular weight excluding hydrogens is 296 g/mol. The van der Waals surface area contributed by atoms with Crippen LogP contribution in [0.5, 0.6) is 0 Å². The highest BCUT2D eigenvalue weighted by molar-refractivity contribution is 7.88. The Morgan fingerprint density at radius 3 is 2.29 bits per heavy atom. The lowest BCUT2D eigenvalue weighted by atomic mass is 9.99. The summed E-state index contributed by atoms with van der Waals surface area (Å²) < 4.78 is 25.2. The average molecular weight is 320 g/mol. The van der Waals surface area contributed by atoms with Crippen LogP contribution in [0.25, 0.3) is 0 Å². The van der Waals surface area contributed by atoms with Gasteiger partial charge >= 0.3 is 5.97 Å². The molecule has 1 saturated heterocycles. The van der Waals surface area contributed by atoms with Crippen molar-refractivity contribution in [3.63, 3.8) is 0 Å². The van der Waals surface area contributed by atoms with Gasteiger partial charge in [-0.3, -0.25) is 9.59 Å². The summed E-state index contributed by atoms with van der Waals surface area (Å²) in [5.74, 6) is -1.85. The van der Waals surface area contributed by atoms with E-state index in [0.717, 1.165) is 6.26 Å². The van der Waals surface area contributed by atoms with Crippen molar-refractivity contribution in [3.8, 4) is 0 Å². The summed E-state index contributed by atoms with van der Waals surface area (Å²) in [6, 6.07) is -0.834. The normalized spacial score (nSPS) is 24.3. The summed E-state index contributed by atoms with van der Waals surface area (Å²) in [6.45, 7) is 6.06. The molecule has 0 bridgehead atoms. The van der Waals surface area contributed by atoms with Gasteiger partial charge in [0.25, 0.3) is 0 Å². The smallest absolute Gasteiger partial charge is 0.308 e. The van der Waals surface area contributed by atoms with Gasteiger partial charge in [-0.2, -0.15) is 0 Å². The number of amides is 1. The quantitative estimate of drug-likeness (QED) is 0.724. The van der Waals surface area contributed by atoms with Crippen molar-refractivity contribution in [1.29, 1.82) is 0 Å². The molecule has 1 aliphatic heterocycles. The van der Waals surface area contributed by atoms with E-state index < -0.39 is 28.0 Å². The zero-order chi connectivity index (χ0) is 16.4. The van der Waals surface area contributed by atoms with Gasteiger partial charge in [0.15, 0.2) is 0 Å². The van der Waals surface area contributed by atoms with Crippen LogP contribution < -0.4 is 4.72 Å². The Balaban J connectivity index is 2.84. The molecule has 8 heteroatoms. The lowest BCUT2D eigenvalue weighted by molar-refractivity contribution is -0.142. The maximum absolute atomic E-state index is 12.5. The third-order valence-corrected chi connectivity index (χ3v) is 4.32. The summed E-state index contributed by atoms with van der Waals surface area (Å²) in [6.07, 6.45) is 1.40. The van der Waals surface area contributed by atoms with Crippen molar-refractivity contribution in [1.82, 2.24) is 9.62 Å². The number of carbonyl (C=O) groups is 2. The van der Waals surface area contributed by atoms with E-state index in [1.54, 1.807) is 6.92 Å². The molecule has 1 amide bonds. The molecule has 0 aromatic rings. The number of sulfonamides is 1. The fourth-order valence-electron chi connectivity index (χ4n) is 2.62. The summed E-state index contributed by atoms with van der Waals surface area (Å²) in [5, 5.41) is 9.10. The molecule has 1 aliphatic rings. The van der Waals surface area contributed by atoms with Crippen molar-refractivity contribution in [2.75, 3.05) is 19.3 Å². The molecule has 3 unspecified atom stereocenters. The second-order valence-corrected chi connectivity index (χ2v) is 8.02. The van der Waals surface area contributed by atoms with E-state index >= 15 is 0 Å². The number of carboxylic acids is 1. The summed E-state index contributed by atoms with van der Waals surface area (Å²) >= 11 is 0. The van der Waals surface area contributed by atoms with Crippen LogP contribution in [0.4, 0.5) is 0 Å². The van der Waals surface area contributed by atoms with E-state index in [9.17, 15) is 18.0 Å². The molecule has 2 N–H and O–H groups in total. The maximum Gasteiger partial charge on any atom is 0.308 e. The van der Waals surface area contributed by atoms with Crippen LogP contribution in [-0.4, -0.2) is 55.7 Å². The lowest BCUT2D eigenvalue weighted by Gasteiger charge is -2.24. The molecule has 3 atom stereocenters.